The number of nitrogens with zero attached hydrogens (tertiary/aromatic N) is 1. The van der Waals surface area contributed by atoms with Crippen molar-refractivity contribution in [3.8, 4) is 0 Å². The van der Waals surface area contributed by atoms with Gasteiger partial charge in [0, 0.05) is 15.3 Å². The van der Waals surface area contributed by atoms with Gasteiger partial charge in [0.2, 0.25) is 0 Å². The first-order chi connectivity index (χ1) is 6.45. The van der Waals surface area contributed by atoms with Crippen molar-refractivity contribution in [3.05, 3.63) is 25.5 Å². The summed E-state index contributed by atoms with van der Waals surface area (Å²) in [5.41, 5.74) is 4.52. The molecule has 7 heteroatoms. The molecule has 0 saturated heterocycles. The summed E-state index contributed by atoms with van der Waals surface area (Å²) >= 11 is 4.60. The summed E-state index contributed by atoms with van der Waals surface area (Å²) < 4.78 is 25.3. The molecule has 3 nitrogen and oxygen atoms in total. The van der Waals surface area contributed by atoms with Gasteiger partial charge < -0.3 is 5.73 Å². The average Bonchev–Trinajstić information content (AvgIpc) is 2.02. The summed E-state index contributed by atoms with van der Waals surface area (Å²) in [5, 5.41) is 0. The molecule has 1 rings (SSSR count). The molecule has 0 spiro atoms. The summed E-state index contributed by atoms with van der Waals surface area (Å²) in [6.45, 7) is 0. The number of hydrogen-bond acceptors (Lipinski definition) is 2. The van der Waals surface area contributed by atoms with E-state index < -0.39 is 12.3 Å². The molecule has 1 aromatic rings. The first-order valence-corrected chi connectivity index (χ1v) is 5.24. The molecule has 1 aromatic heterocycles. The Morgan fingerprint density at radius 1 is 1.64 bits per heavy atom. The maximum absolute atomic E-state index is 12.5. The molecule has 2 N–H and O–H groups in total. The molecule has 0 aromatic carbocycles. The van der Waals surface area contributed by atoms with E-state index in [1.165, 1.54) is 6.20 Å². The van der Waals surface area contributed by atoms with Crippen molar-refractivity contribution in [1.82, 2.24) is 4.98 Å². The van der Waals surface area contributed by atoms with Gasteiger partial charge in [0.1, 0.15) is 5.69 Å². The molecule has 14 heavy (non-hydrogen) atoms. The highest BCUT2D eigenvalue weighted by Crippen LogP contribution is 2.32. The number of alkyl halides is 2. The first-order valence-electron chi connectivity index (χ1n) is 3.37. The van der Waals surface area contributed by atoms with Gasteiger partial charge in [-0.05, 0) is 38.5 Å². The monoisotopic (exact) mass is 376 g/mol. The van der Waals surface area contributed by atoms with Gasteiger partial charge in [0.05, 0.1) is 4.47 Å². The van der Waals surface area contributed by atoms with Crippen LogP contribution >= 0.6 is 38.5 Å². The fourth-order valence-electron chi connectivity index (χ4n) is 0.852. The maximum Gasteiger partial charge on any atom is 0.268 e. The van der Waals surface area contributed by atoms with Crippen molar-refractivity contribution < 1.29 is 13.6 Å². The van der Waals surface area contributed by atoms with Gasteiger partial charge in [-0.3, -0.25) is 4.79 Å². The Labute approximate surface area is 100 Å². The third kappa shape index (κ3) is 2.19. The predicted octanol–water partition coefficient (Wildman–Crippen LogP) is 2.49. The molecule has 76 valence electrons. The van der Waals surface area contributed by atoms with Crippen molar-refractivity contribution in [2.45, 2.75) is 6.43 Å². The Morgan fingerprint density at radius 3 is 2.64 bits per heavy atom. The first kappa shape index (κ1) is 11.8. The quantitative estimate of drug-likeness (QED) is 0.806. The fraction of sp³-hybridized carbons (Fsp3) is 0.143. The Hall–Kier alpha value is -0.310. The molecule has 0 unspecified atom stereocenters. The van der Waals surface area contributed by atoms with E-state index in [0.29, 0.717) is 0 Å². The molecular formula is C7H4BrF2IN2O. The number of halogens is 4. The van der Waals surface area contributed by atoms with Gasteiger partial charge in [0.25, 0.3) is 12.3 Å². The fourth-order valence-corrected chi connectivity index (χ4v) is 2.55. The van der Waals surface area contributed by atoms with Crippen LogP contribution < -0.4 is 5.73 Å². The van der Waals surface area contributed by atoms with Crippen molar-refractivity contribution in [1.29, 1.82) is 0 Å². The minimum atomic E-state index is -2.67. The van der Waals surface area contributed by atoms with Gasteiger partial charge in [-0.1, -0.05) is 0 Å². The van der Waals surface area contributed by atoms with E-state index in [9.17, 15) is 13.6 Å². The average molecular weight is 377 g/mol. The van der Waals surface area contributed by atoms with Crippen molar-refractivity contribution >= 4 is 44.4 Å². The van der Waals surface area contributed by atoms with Crippen LogP contribution in [0.4, 0.5) is 8.78 Å². The highest BCUT2D eigenvalue weighted by atomic mass is 127. The van der Waals surface area contributed by atoms with Crippen molar-refractivity contribution in [2.24, 2.45) is 5.73 Å². The smallest absolute Gasteiger partial charge is 0.268 e. The Bertz CT molecular complexity index is 386. The zero-order valence-corrected chi connectivity index (χ0v) is 10.3. The second-order valence-corrected chi connectivity index (χ2v) is 4.30. The van der Waals surface area contributed by atoms with Crippen LogP contribution in [0.5, 0.6) is 0 Å². The Balaban J connectivity index is 3.41. The molecule has 0 fully saturated rings. The minimum Gasteiger partial charge on any atom is -0.364 e. The lowest BCUT2D eigenvalue weighted by molar-refractivity contribution is 0.0994. The molecule has 1 heterocycles. The van der Waals surface area contributed by atoms with Crippen LogP contribution in [0.2, 0.25) is 0 Å². The van der Waals surface area contributed by atoms with Crippen molar-refractivity contribution in [3.63, 3.8) is 0 Å². The number of pyridine rings is 1. The summed E-state index contributed by atoms with van der Waals surface area (Å²) in [5.74, 6) is -0.838. The molecular weight excluding hydrogens is 373 g/mol. The summed E-state index contributed by atoms with van der Waals surface area (Å²) in [6, 6.07) is 0. The topological polar surface area (TPSA) is 56.0 Å². The van der Waals surface area contributed by atoms with Gasteiger partial charge in [0.15, 0.2) is 0 Å². The molecule has 0 aliphatic carbocycles. The SMILES string of the molecule is NC(=O)c1ncc(I)c(C(F)F)c1Br. The van der Waals surface area contributed by atoms with Gasteiger partial charge in [-0.2, -0.15) is 0 Å². The Morgan fingerprint density at radius 2 is 2.21 bits per heavy atom. The van der Waals surface area contributed by atoms with E-state index in [0.717, 1.165) is 0 Å². The van der Waals surface area contributed by atoms with Crippen LogP contribution in [-0.2, 0) is 0 Å². The van der Waals surface area contributed by atoms with Crippen LogP contribution in [0.1, 0.15) is 22.5 Å². The van der Waals surface area contributed by atoms with E-state index in [2.05, 4.69) is 20.9 Å². The van der Waals surface area contributed by atoms with Crippen LogP contribution in [0.25, 0.3) is 0 Å². The van der Waals surface area contributed by atoms with Crippen LogP contribution in [0.3, 0.4) is 0 Å². The lowest BCUT2D eigenvalue weighted by Crippen LogP contribution is -2.15. The molecule has 0 atom stereocenters. The van der Waals surface area contributed by atoms with Crippen LogP contribution in [0.15, 0.2) is 10.7 Å². The number of nitrogens with two attached hydrogens (primary N) is 1. The maximum atomic E-state index is 12.5. The number of rotatable bonds is 2. The number of amides is 1. The zero-order valence-electron chi connectivity index (χ0n) is 6.60. The van der Waals surface area contributed by atoms with Gasteiger partial charge >= 0.3 is 0 Å². The number of hydrogen-bond donors (Lipinski definition) is 1. The zero-order chi connectivity index (χ0) is 10.9. The number of carbonyl (C=O) groups excluding carboxylic acids is 1. The minimum absolute atomic E-state index is 0.0353. The molecule has 0 bridgehead atoms. The third-order valence-corrected chi connectivity index (χ3v) is 3.12. The number of carbonyl (C=O) groups is 1. The molecule has 0 radical (unpaired) electrons. The van der Waals surface area contributed by atoms with Gasteiger partial charge in [-0.25, -0.2) is 13.8 Å². The van der Waals surface area contributed by atoms with Gasteiger partial charge in [-0.15, -0.1) is 0 Å². The highest BCUT2D eigenvalue weighted by molar-refractivity contribution is 14.1. The largest absolute Gasteiger partial charge is 0.364 e. The third-order valence-electron chi connectivity index (χ3n) is 1.46. The van der Waals surface area contributed by atoms with E-state index in [1.807, 2.05) is 0 Å². The second kappa shape index (κ2) is 4.47. The predicted molar refractivity (Wildman–Crippen MR) is 58.1 cm³/mol. The number of aromatic nitrogens is 1. The number of primary amides is 1. The highest BCUT2D eigenvalue weighted by Gasteiger charge is 2.21. The van der Waals surface area contributed by atoms with E-state index >= 15 is 0 Å². The lowest BCUT2D eigenvalue weighted by atomic mass is 10.2. The summed E-state index contributed by atoms with van der Waals surface area (Å²) in [6.07, 6.45) is -1.48. The van der Waals surface area contributed by atoms with Crippen molar-refractivity contribution in [2.75, 3.05) is 0 Å². The molecule has 0 aliphatic rings. The second-order valence-electron chi connectivity index (χ2n) is 2.35. The van der Waals surface area contributed by atoms with E-state index in [-0.39, 0.29) is 19.3 Å². The Kier molecular flexibility index (Phi) is 3.76. The van der Waals surface area contributed by atoms with Crippen LogP contribution in [-0.4, -0.2) is 10.9 Å². The summed E-state index contributed by atoms with van der Waals surface area (Å²) in [4.78, 5) is 14.4. The van der Waals surface area contributed by atoms with E-state index in [4.69, 9.17) is 5.73 Å². The molecule has 0 aliphatic heterocycles. The molecule has 0 saturated carbocycles. The lowest BCUT2D eigenvalue weighted by Gasteiger charge is -2.07. The standard InChI is InChI=1S/C7H4BrF2IN2O/c8-4-3(6(9)10)2(11)1-13-5(4)7(12)14/h1,6H,(H2,12,14). The molecule has 1 amide bonds. The van der Waals surface area contributed by atoms with E-state index in [1.54, 1.807) is 22.6 Å². The normalized spacial score (nSPS) is 10.6. The summed E-state index contributed by atoms with van der Waals surface area (Å²) in [7, 11) is 0. The van der Waals surface area contributed by atoms with Crippen LogP contribution in [0, 0.1) is 3.57 Å².